The highest BCUT2D eigenvalue weighted by Gasteiger charge is 2.36. The summed E-state index contributed by atoms with van der Waals surface area (Å²) in [6.45, 7) is 1.93. The molecule has 0 unspecified atom stereocenters. The average molecular weight is 306 g/mol. The monoisotopic (exact) mass is 306 g/mol. The third-order valence-corrected chi connectivity index (χ3v) is 3.95. The fraction of sp³-hybridized carbons (Fsp3) is 0.278. The van der Waals surface area contributed by atoms with Crippen LogP contribution in [-0.4, -0.2) is 21.5 Å². The lowest BCUT2D eigenvalue weighted by Crippen LogP contribution is -2.53. The molecule has 2 aromatic rings. The van der Waals surface area contributed by atoms with Crippen LogP contribution in [0.2, 0.25) is 0 Å². The Balaban J connectivity index is 1.69. The second-order valence-corrected chi connectivity index (χ2v) is 5.70. The number of carbonyl (C=O) groups excluding carboxylic acids is 1. The summed E-state index contributed by atoms with van der Waals surface area (Å²) in [5.41, 5.74) is 2.08. The molecule has 0 aromatic carbocycles. The van der Waals surface area contributed by atoms with Crippen molar-refractivity contribution in [3.63, 3.8) is 0 Å². The van der Waals surface area contributed by atoms with Gasteiger partial charge in [-0.3, -0.25) is 9.97 Å². The quantitative estimate of drug-likeness (QED) is 0.838. The first kappa shape index (κ1) is 15.0. The molecule has 0 spiro atoms. The Hall–Kier alpha value is -2.87. The predicted octanol–water partition coefficient (Wildman–Crippen LogP) is 2.88. The van der Waals surface area contributed by atoms with Crippen molar-refractivity contribution in [2.75, 3.05) is 5.32 Å². The lowest BCUT2D eigenvalue weighted by molar-refractivity contribution is 0.222. The van der Waals surface area contributed by atoms with Crippen molar-refractivity contribution in [1.29, 1.82) is 0 Å². The van der Waals surface area contributed by atoms with Crippen molar-refractivity contribution in [2.45, 2.75) is 31.7 Å². The van der Waals surface area contributed by atoms with Gasteiger partial charge in [0, 0.05) is 24.2 Å². The van der Waals surface area contributed by atoms with Crippen LogP contribution in [0, 0.1) is 18.8 Å². The lowest BCUT2D eigenvalue weighted by Gasteiger charge is -2.37. The molecule has 2 amide bonds. The van der Waals surface area contributed by atoms with Crippen LogP contribution in [0.5, 0.6) is 0 Å². The highest BCUT2D eigenvalue weighted by molar-refractivity contribution is 5.90. The molecule has 5 nitrogen and oxygen atoms in total. The lowest BCUT2D eigenvalue weighted by atomic mass is 9.77. The van der Waals surface area contributed by atoms with Gasteiger partial charge in [0.15, 0.2) is 0 Å². The van der Waals surface area contributed by atoms with Crippen LogP contribution in [0.25, 0.3) is 0 Å². The number of anilines is 1. The average Bonchev–Trinajstić information content (AvgIpc) is 2.53. The van der Waals surface area contributed by atoms with E-state index in [9.17, 15) is 4.79 Å². The van der Waals surface area contributed by atoms with Crippen LogP contribution in [0.4, 0.5) is 10.5 Å². The van der Waals surface area contributed by atoms with Gasteiger partial charge >= 0.3 is 6.03 Å². The second-order valence-electron chi connectivity index (χ2n) is 5.70. The Morgan fingerprint density at radius 1 is 1.22 bits per heavy atom. The van der Waals surface area contributed by atoms with E-state index >= 15 is 0 Å². The summed E-state index contributed by atoms with van der Waals surface area (Å²) in [4.78, 5) is 20.3. The maximum atomic E-state index is 12.3. The fourth-order valence-electron chi connectivity index (χ4n) is 2.41. The zero-order valence-electron chi connectivity index (χ0n) is 13.0. The van der Waals surface area contributed by atoms with Crippen molar-refractivity contribution in [3.05, 3.63) is 54.1 Å². The van der Waals surface area contributed by atoms with E-state index in [2.05, 4.69) is 32.4 Å². The Morgan fingerprint density at radius 2 is 2.04 bits per heavy atom. The Bertz CT molecular complexity index is 757. The van der Waals surface area contributed by atoms with Gasteiger partial charge in [0.2, 0.25) is 0 Å². The van der Waals surface area contributed by atoms with Crippen molar-refractivity contribution in [1.82, 2.24) is 15.3 Å². The van der Waals surface area contributed by atoms with Gasteiger partial charge in [-0.1, -0.05) is 11.8 Å². The molecule has 0 bridgehead atoms. The van der Waals surface area contributed by atoms with Crippen LogP contribution in [0.3, 0.4) is 0 Å². The van der Waals surface area contributed by atoms with Crippen LogP contribution >= 0.6 is 0 Å². The fourth-order valence-corrected chi connectivity index (χ4v) is 2.41. The van der Waals surface area contributed by atoms with Gasteiger partial charge in [-0.25, -0.2) is 4.79 Å². The number of rotatable bonds is 2. The second kappa shape index (κ2) is 6.49. The molecule has 1 aliphatic carbocycles. The summed E-state index contributed by atoms with van der Waals surface area (Å²) in [7, 11) is 0. The molecule has 1 saturated carbocycles. The number of hydrogen-bond donors (Lipinski definition) is 2. The Kier molecular flexibility index (Phi) is 4.24. The molecular weight excluding hydrogens is 288 g/mol. The number of hydrogen-bond acceptors (Lipinski definition) is 3. The van der Waals surface area contributed by atoms with E-state index in [1.807, 2.05) is 25.1 Å². The molecule has 3 rings (SSSR count). The number of amides is 2. The van der Waals surface area contributed by atoms with Crippen LogP contribution in [-0.2, 0) is 0 Å². The number of urea groups is 1. The van der Waals surface area contributed by atoms with Gasteiger partial charge in [-0.05, 0) is 49.9 Å². The highest BCUT2D eigenvalue weighted by Crippen LogP contribution is 2.31. The van der Waals surface area contributed by atoms with Crippen LogP contribution in [0.15, 0.2) is 43.0 Å². The van der Waals surface area contributed by atoms with E-state index in [4.69, 9.17) is 0 Å². The molecule has 5 heteroatoms. The SMILES string of the molecule is Cc1ccncc1NC(=O)NC1(C#Cc2cccnc2)CCC1. The van der Waals surface area contributed by atoms with Crippen molar-refractivity contribution >= 4 is 11.7 Å². The number of aromatic nitrogens is 2. The molecule has 2 heterocycles. The minimum Gasteiger partial charge on any atom is -0.322 e. The van der Waals surface area contributed by atoms with E-state index in [0.29, 0.717) is 5.69 Å². The largest absolute Gasteiger partial charge is 0.322 e. The molecule has 0 radical (unpaired) electrons. The minimum absolute atomic E-state index is 0.249. The summed E-state index contributed by atoms with van der Waals surface area (Å²) in [5.74, 6) is 6.30. The van der Waals surface area contributed by atoms with Gasteiger partial charge in [-0.2, -0.15) is 0 Å². The Labute approximate surface area is 135 Å². The smallest absolute Gasteiger partial charge is 0.320 e. The number of nitrogens with one attached hydrogen (secondary N) is 2. The van der Waals surface area contributed by atoms with E-state index in [0.717, 1.165) is 30.4 Å². The first-order valence-electron chi connectivity index (χ1n) is 7.60. The number of aryl methyl sites for hydroxylation is 1. The third kappa shape index (κ3) is 3.67. The summed E-state index contributed by atoms with van der Waals surface area (Å²) >= 11 is 0. The van der Waals surface area contributed by atoms with Crippen LogP contribution < -0.4 is 10.6 Å². The zero-order chi connectivity index (χ0) is 16.1. The van der Waals surface area contributed by atoms with Gasteiger partial charge in [-0.15, -0.1) is 0 Å². The van der Waals surface area contributed by atoms with E-state index in [1.54, 1.807) is 24.8 Å². The first-order valence-corrected chi connectivity index (χ1v) is 7.60. The van der Waals surface area contributed by atoms with E-state index in [-0.39, 0.29) is 6.03 Å². The van der Waals surface area contributed by atoms with Gasteiger partial charge in [0.05, 0.1) is 11.9 Å². The minimum atomic E-state index is -0.448. The molecule has 2 aromatic heterocycles. The molecule has 2 N–H and O–H groups in total. The molecule has 1 fully saturated rings. The van der Waals surface area contributed by atoms with Gasteiger partial charge in [0.25, 0.3) is 0 Å². The molecule has 0 aliphatic heterocycles. The number of carbonyl (C=O) groups is 1. The normalized spacial score (nSPS) is 14.8. The van der Waals surface area contributed by atoms with Crippen molar-refractivity contribution in [2.24, 2.45) is 0 Å². The number of pyridine rings is 2. The molecular formula is C18H18N4O. The standard InChI is InChI=1S/C18H18N4O/c1-14-6-11-20-13-16(14)21-17(23)22-18(7-3-8-18)9-5-15-4-2-10-19-12-15/h2,4,6,10-13H,3,7-8H2,1H3,(H2,21,22,23). The Morgan fingerprint density at radius 3 is 2.70 bits per heavy atom. The van der Waals surface area contributed by atoms with Crippen molar-refractivity contribution < 1.29 is 4.79 Å². The summed E-state index contributed by atoms with van der Waals surface area (Å²) in [5, 5.41) is 5.84. The zero-order valence-corrected chi connectivity index (χ0v) is 13.0. The molecule has 1 aliphatic rings. The number of nitrogens with zero attached hydrogens (tertiary/aromatic N) is 2. The predicted molar refractivity (Wildman–Crippen MR) is 88.8 cm³/mol. The molecule has 0 saturated heterocycles. The van der Waals surface area contributed by atoms with Crippen LogP contribution in [0.1, 0.15) is 30.4 Å². The van der Waals surface area contributed by atoms with Gasteiger partial charge in [0.1, 0.15) is 5.54 Å². The molecule has 116 valence electrons. The maximum absolute atomic E-state index is 12.3. The highest BCUT2D eigenvalue weighted by atomic mass is 16.2. The maximum Gasteiger partial charge on any atom is 0.320 e. The summed E-state index contributed by atoms with van der Waals surface area (Å²) in [6, 6.07) is 5.37. The molecule has 23 heavy (non-hydrogen) atoms. The van der Waals surface area contributed by atoms with E-state index in [1.165, 1.54) is 0 Å². The topological polar surface area (TPSA) is 66.9 Å². The van der Waals surface area contributed by atoms with Crippen molar-refractivity contribution in [3.8, 4) is 11.8 Å². The first-order chi connectivity index (χ1) is 11.2. The summed E-state index contributed by atoms with van der Waals surface area (Å²) in [6.07, 6.45) is 9.56. The third-order valence-electron chi connectivity index (χ3n) is 3.95. The van der Waals surface area contributed by atoms with E-state index < -0.39 is 5.54 Å². The summed E-state index contributed by atoms with van der Waals surface area (Å²) < 4.78 is 0. The van der Waals surface area contributed by atoms with Gasteiger partial charge < -0.3 is 10.6 Å². The molecule has 0 atom stereocenters.